The van der Waals surface area contributed by atoms with Crippen LogP contribution in [0.1, 0.15) is 42.1 Å². The van der Waals surface area contributed by atoms with Gasteiger partial charge in [0.1, 0.15) is 5.75 Å². The van der Waals surface area contributed by atoms with Crippen LogP contribution < -0.4 is 15.8 Å². The quantitative estimate of drug-likeness (QED) is 0.818. The van der Waals surface area contributed by atoms with Crippen molar-refractivity contribution in [2.75, 3.05) is 18.9 Å². The van der Waals surface area contributed by atoms with Crippen molar-refractivity contribution in [3.8, 4) is 5.75 Å². The van der Waals surface area contributed by atoms with Gasteiger partial charge in [-0.3, -0.25) is 4.79 Å². The zero-order valence-corrected chi connectivity index (χ0v) is 11.3. The van der Waals surface area contributed by atoms with Gasteiger partial charge in [-0.2, -0.15) is 0 Å². The van der Waals surface area contributed by atoms with Crippen LogP contribution in [0.25, 0.3) is 0 Å². The van der Waals surface area contributed by atoms with E-state index < -0.39 is 0 Å². The predicted octanol–water partition coefficient (Wildman–Crippen LogP) is 2.12. The molecule has 1 heterocycles. The Kier molecular flexibility index (Phi) is 2.88. The monoisotopic (exact) mass is 260 g/mol. The molecule has 1 saturated carbocycles. The van der Waals surface area contributed by atoms with Gasteiger partial charge in [-0.15, -0.1) is 0 Å². The first-order chi connectivity index (χ1) is 9.07. The van der Waals surface area contributed by atoms with Crippen LogP contribution in [0.15, 0.2) is 12.1 Å². The fourth-order valence-corrected chi connectivity index (χ4v) is 2.78. The first kappa shape index (κ1) is 12.3. The Balaban J connectivity index is 1.72. The van der Waals surface area contributed by atoms with Crippen molar-refractivity contribution in [3.05, 3.63) is 23.3 Å². The smallest absolute Gasteiger partial charge is 0.253 e. The molecule has 0 atom stereocenters. The largest absolute Gasteiger partial charge is 0.493 e. The molecular formula is C15H20N2O2. The summed E-state index contributed by atoms with van der Waals surface area (Å²) < 4.78 is 5.44. The maximum Gasteiger partial charge on any atom is 0.253 e. The van der Waals surface area contributed by atoms with Gasteiger partial charge in [0.25, 0.3) is 5.91 Å². The second-order valence-corrected chi connectivity index (χ2v) is 5.99. The number of nitrogens with two attached hydrogens (primary N) is 1. The number of ether oxygens (including phenoxy) is 1. The maximum absolute atomic E-state index is 12.2. The van der Waals surface area contributed by atoms with Crippen molar-refractivity contribution in [2.24, 2.45) is 5.41 Å². The number of hydrogen-bond donors (Lipinski definition) is 2. The van der Waals surface area contributed by atoms with Gasteiger partial charge in [0.15, 0.2) is 0 Å². The number of carbonyl (C=O) groups is 1. The lowest BCUT2D eigenvalue weighted by Crippen LogP contribution is -2.40. The molecule has 0 saturated heterocycles. The van der Waals surface area contributed by atoms with Crippen LogP contribution in [-0.4, -0.2) is 19.1 Å². The van der Waals surface area contributed by atoms with Gasteiger partial charge in [0, 0.05) is 24.7 Å². The highest BCUT2D eigenvalue weighted by Gasteiger charge is 2.32. The molecule has 2 aliphatic rings. The van der Waals surface area contributed by atoms with Crippen molar-refractivity contribution in [2.45, 2.75) is 32.6 Å². The van der Waals surface area contributed by atoms with Crippen LogP contribution in [0.3, 0.4) is 0 Å². The molecule has 19 heavy (non-hydrogen) atoms. The van der Waals surface area contributed by atoms with Crippen molar-refractivity contribution in [3.63, 3.8) is 0 Å². The Bertz CT molecular complexity index is 521. The summed E-state index contributed by atoms with van der Waals surface area (Å²) in [5.74, 6) is 0.750. The average Bonchev–Trinajstić information content (AvgIpc) is 2.79. The molecule has 0 radical (unpaired) electrons. The van der Waals surface area contributed by atoms with Crippen molar-refractivity contribution < 1.29 is 9.53 Å². The van der Waals surface area contributed by atoms with E-state index in [0.29, 0.717) is 17.9 Å². The lowest BCUT2D eigenvalue weighted by Gasteiger charge is -2.38. The molecule has 0 aromatic heterocycles. The van der Waals surface area contributed by atoms with Crippen LogP contribution in [0, 0.1) is 5.41 Å². The second-order valence-electron chi connectivity index (χ2n) is 5.99. The molecule has 3 N–H and O–H groups in total. The highest BCUT2D eigenvalue weighted by Crippen LogP contribution is 2.39. The fraction of sp³-hybridized carbons (Fsp3) is 0.533. The van der Waals surface area contributed by atoms with E-state index in [9.17, 15) is 4.79 Å². The van der Waals surface area contributed by atoms with E-state index in [0.717, 1.165) is 24.3 Å². The number of amides is 1. The Hall–Kier alpha value is -1.71. The number of anilines is 1. The topological polar surface area (TPSA) is 64.4 Å². The maximum atomic E-state index is 12.2. The van der Waals surface area contributed by atoms with Gasteiger partial charge in [-0.1, -0.05) is 13.3 Å². The molecule has 0 bridgehead atoms. The van der Waals surface area contributed by atoms with Crippen LogP contribution in [0.2, 0.25) is 0 Å². The van der Waals surface area contributed by atoms with Crippen LogP contribution >= 0.6 is 0 Å². The number of fused-ring (bicyclic) bond motifs is 1. The SMILES string of the molecule is CC1(CNC(=O)c2cc3c(cc2N)OCC3)CCC1. The lowest BCUT2D eigenvalue weighted by atomic mass is 9.70. The lowest BCUT2D eigenvalue weighted by molar-refractivity contribution is 0.0891. The zero-order chi connectivity index (χ0) is 13.5. The van der Waals surface area contributed by atoms with E-state index in [1.807, 2.05) is 6.07 Å². The molecule has 1 aliphatic carbocycles. The number of rotatable bonds is 3. The summed E-state index contributed by atoms with van der Waals surface area (Å²) in [5.41, 5.74) is 8.37. The molecule has 1 aromatic rings. The molecule has 4 nitrogen and oxygen atoms in total. The minimum Gasteiger partial charge on any atom is -0.493 e. The highest BCUT2D eigenvalue weighted by atomic mass is 16.5. The minimum atomic E-state index is -0.0691. The molecule has 1 aromatic carbocycles. The summed E-state index contributed by atoms with van der Waals surface area (Å²) in [6.07, 6.45) is 4.51. The third kappa shape index (κ3) is 2.27. The molecule has 1 amide bonds. The number of nitrogen functional groups attached to an aromatic ring is 1. The predicted molar refractivity (Wildman–Crippen MR) is 74.3 cm³/mol. The van der Waals surface area contributed by atoms with E-state index in [4.69, 9.17) is 10.5 Å². The summed E-state index contributed by atoms with van der Waals surface area (Å²) in [5, 5.41) is 3.01. The van der Waals surface area contributed by atoms with Gasteiger partial charge in [-0.05, 0) is 29.9 Å². The van der Waals surface area contributed by atoms with Gasteiger partial charge in [0.05, 0.1) is 12.2 Å². The molecule has 0 spiro atoms. The summed E-state index contributed by atoms with van der Waals surface area (Å²) >= 11 is 0. The fourth-order valence-electron chi connectivity index (χ4n) is 2.78. The summed E-state index contributed by atoms with van der Waals surface area (Å²) in [6.45, 7) is 3.63. The number of hydrogen-bond acceptors (Lipinski definition) is 3. The average molecular weight is 260 g/mol. The van der Waals surface area contributed by atoms with Gasteiger partial charge < -0.3 is 15.8 Å². The third-order valence-corrected chi connectivity index (χ3v) is 4.34. The Morgan fingerprint density at radius 3 is 2.95 bits per heavy atom. The van der Waals surface area contributed by atoms with Crippen molar-refractivity contribution >= 4 is 11.6 Å². The zero-order valence-electron chi connectivity index (χ0n) is 11.3. The molecule has 0 unspecified atom stereocenters. The van der Waals surface area contributed by atoms with Crippen LogP contribution in [0.5, 0.6) is 5.75 Å². The number of nitrogens with one attached hydrogen (secondary N) is 1. The first-order valence-corrected chi connectivity index (χ1v) is 6.91. The number of carbonyl (C=O) groups excluding carboxylic acids is 1. The van der Waals surface area contributed by atoms with Crippen LogP contribution in [0.4, 0.5) is 5.69 Å². The second kappa shape index (κ2) is 4.44. The molecule has 4 heteroatoms. The number of benzene rings is 1. The highest BCUT2D eigenvalue weighted by molar-refractivity contribution is 5.99. The standard InChI is InChI=1S/C15H20N2O2/c1-15(4-2-5-15)9-17-14(18)11-7-10-3-6-19-13(10)8-12(11)16/h7-8H,2-6,9,16H2,1H3,(H,17,18). The minimum absolute atomic E-state index is 0.0691. The van der Waals surface area contributed by atoms with Gasteiger partial charge in [0.2, 0.25) is 0 Å². The summed E-state index contributed by atoms with van der Waals surface area (Å²) in [6, 6.07) is 3.64. The molecule has 1 aliphatic heterocycles. The molecule has 3 rings (SSSR count). The van der Waals surface area contributed by atoms with Gasteiger partial charge >= 0.3 is 0 Å². The summed E-state index contributed by atoms with van der Waals surface area (Å²) in [7, 11) is 0. The Labute approximate surface area is 113 Å². The third-order valence-electron chi connectivity index (χ3n) is 4.34. The van der Waals surface area contributed by atoms with Crippen LogP contribution in [-0.2, 0) is 6.42 Å². The van der Waals surface area contributed by atoms with E-state index >= 15 is 0 Å². The molecular weight excluding hydrogens is 240 g/mol. The van der Waals surface area contributed by atoms with E-state index in [1.165, 1.54) is 19.3 Å². The molecule has 1 fully saturated rings. The Morgan fingerprint density at radius 2 is 2.26 bits per heavy atom. The normalized spacial score (nSPS) is 19.2. The van der Waals surface area contributed by atoms with Crippen molar-refractivity contribution in [1.29, 1.82) is 0 Å². The van der Waals surface area contributed by atoms with Gasteiger partial charge in [-0.25, -0.2) is 0 Å². The Morgan fingerprint density at radius 1 is 1.47 bits per heavy atom. The summed E-state index contributed by atoms with van der Waals surface area (Å²) in [4.78, 5) is 12.2. The van der Waals surface area contributed by atoms with E-state index in [1.54, 1.807) is 6.07 Å². The van der Waals surface area contributed by atoms with E-state index in [-0.39, 0.29) is 11.3 Å². The molecule has 102 valence electrons. The first-order valence-electron chi connectivity index (χ1n) is 6.91. The van der Waals surface area contributed by atoms with E-state index in [2.05, 4.69) is 12.2 Å². The van der Waals surface area contributed by atoms with Crippen molar-refractivity contribution in [1.82, 2.24) is 5.32 Å².